The van der Waals surface area contributed by atoms with Crippen LogP contribution in [0.25, 0.3) is 0 Å². The summed E-state index contributed by atoms with van der Waals surface area (Å²) < 4.78 is -0.868. The molecule has 0 bridgehead atoms. The van der Waals surface area contributed by atoms with Gasteiger partial charge in [-0.1, -0.05) is 54.6 Å². The minimum atomic E-state index is -0.868. The number of rotatable bonds is 4. The van der Waals surface area contributed by atoms with E-state index < -0.39 is 28.7 Å². The Labute approximate surface area is 204 Å². The van der Waals surface area contributed by atoms with Crippen molar-refractivity contribution < 1.29 is 19.5 Å². The molecule has 6 atom stereocenters. The Bertz CT molecular complexity index is 1060. The largest absolute Gasteiger partial charge is 0.394 e. The molecular weight excluding hydrogens is 450 g/mol. The molecule has 0 aliphatic carbocycles. The third-order valence-corrected chi connectivity index (χ3v) is 9.39. The van der Waals surface area contributed by atoms with E-state index >= 15 is 0 Å². The average Bonchev–Trinajstić information content (AvgIpc) is 3.14. The summed E-state index contributed by atoms with van der Waals surface area (Å²) in [6, 6.07) is 7.84. The standard InChI is InChI=1S/C26H31N3O4S/c1-16(2)28-14-8-12-26-21(20-19(34-26)11-7-13-27(3)23(20)31)24(32)29(22(26)25(28)33)18(15-30)17-9-5-4-6-10-17/h4-12,16,18-22,30H,13-15H2,1-3H3/t18-,19-,20+,21+,22?,26+/m1/s1. The predicted molar refractivity (Wildman–Crippen MR) is 131 cm³/mol. The van der Waals surface area contributed by atoms with E-state index in [1.807, 2.05) is 68.5 Å². The second-order valence-electron chi connectivity index (χ2n) is 9.83. The van der Waals surface area contributed by atoms with Gasteiger partial charge in [-0.3, -0.25) is 14.4 Å². The molecule has 4 aliphatic rings. The van der Waals surface area contributed by atoms with Crippen LogP contribution in [0.4, 0.5) is 0 Å². The third kappa shape index (κ3) is 3.26. The maximum Gasteiger partial charge on any atom is 0.247 e. The highest BCUT2D eigenvalue weighted by atomic mass is 32.2. The van der Waals surface area contributed by atoms with Crippen molar-refractivity contribution >= 4 is 29.5 Å². The van der Waals surface area contributed by atoms with E-state index in [1.54, 1.807) is 33.5 Å². The van der Waals surface area contributed by atoms with E-state index in [0.29, 0.717) is 13.1 Å². The number of benzene rings is 1. The van der Waals surface area contributed by atoms with Crippen molar-refractivity contribution in [2.24, 2.45) is 11.8 Å². The molecule has 7 nitrogen and oxygen atoms in total. The number of hydrogen-bond donors (Lipinski definition) is 1. The first-order chi connectivity index (χ1) is 16.3. The van der Waals surface area contributed by atoms with Gasteiger partial charge in [-0.15, -0.1) is 11.8 Å². The summed E-state index contributed by atoms with van der Waals surface area (Å²) in [6.07, 6.45) is 8.00. The van der Waals surface area contributed by atoms with Crippen LogP contribution in [0.5, 0.6) is 0 Å². The van der Waals surface area contributed by atoms with Crippen LogP contribution in [-0.2, 0) is 14.4 Å². The minimum absolute atomic E-state index is 0.0443. The van der Waals surface area contributed by atoms with Gasteiger partial charge in [0.2, 0.25) is 17.7 Å². The summed E-state index contributed by atoms with van der Waals surface area (Å²) in [5.41, 5.74) is 0.774. The molecular formula is C26H31N3O4S. The number of likely N-dealkylation sites (tertiary alicyclic amines) is 1. The first-order valence-corrected chi connectivity index (χ1v) is 12.8. The molecule has 1 N–H and O–H groups in total. The van der Waals surface area contributed by atoms with Crippen molar-refractivity contribution in [1.29, 1.82) is 0 Å². The number of fused-ring (bicyclic) bond motifs is 2. The fourth-order valence-electron chi connectivity index (χ4n) is 6.05. The molecule has 0 radical (unpaired) electrons. The van der Waals surface area contributed by atoms with E-state index in [4.69, 9.17) is 0 Å². The van der Waals surface area contributed by atoms with Gasteiger partial charge in [-0.25, -0.2) is 0 Å². The molecule has 2 fully saturated rings. The van der Waals surface area contributed by atoms with Gasteiger partial charge in [0.05, 0.1) is 29.2 Å². The topological polar surface area (TPSA) is 81.2 Å². The molecule has 0 aromatic heterocycles. The molecule has 5 rings (SSSR count). The molecule has 4 aliphatic heterocycles. The molecule has 8 heteroatoms. The number of amides is 3. The number of aliphatic hydroxyl groups is 1. The Balaban J connectivity index is 1.69. The maximum absolute atomic E-state index is 14.3. The first-order valence-electron chi connectivity index (χ1n) is 11.9. The van der Waals surface area contributed by atoms with Crippen molar-refractivity contribution in [2.75, 3.05) is 26.7 Å². The zero-order valence-corrected chi connectivity index (χ0v) is 20.5. The Morgan fingerprint density at radius 3 is 2.47 bits per heavy atom. The SMILES string of the molecule is CC(C)N1CC=C[C@]23S[C@@H]4C=CCN(C)C(=O)[C@@H]4[C@H]2C(=O)N([C@H](CO)c2ccccc2)C3C1=O. The molecule has 1 unspecified atom stereocenters. The molecule has 0 saturated carbocycles. The lowest BCUT2D eigenvalue weighted by Crippen LogP contribution is -2.55. The van der Waals surface area contributed by atoms with Crippen molar-refractivity contribution in [3.05, 3.63) is 60.2 Å². The molecule has 3 amide bonds. The van der Waals surface area contributed by atoms with E-state index in [2.05, 4.69) is 0 Å². The average molecular weight is 482 g/mol. The van der Waals surface area contributed by atoms with Gasteiger partial charge in [0, 0.05) is 31.4 Å². The van der Waals surface area contributed by atoms with E-state index in [9.17, 15) is 19.5 Å². The van der Waals surface area contributed by atoms with Crippen molar-refractivity contribution in [2.45, 2.75) is 42.0 Å². The zero-order chi connectivity index (χ0) is 24.2. The van der Waals surface area contributed by atoms with Crippen molar-refractivity contribution in [1.82, 2.24) is 14.7 Å². The van der Waals surface area contributed by atoms with E-state index in [1.165, 1.54) is 0 Å². The Morgan fingerprint density at radius 1 is 1.06 bits per heavy atom. The van der Waals surface area contributed by atoms with Gasteiger partial charge in [0.15, 0.2) is 0 Å². The maximum atomic E-state index is 14.3. The van der Waals surface area contributed by atoms with Crippen LogP contribution in [-0.4, -0.2) is 86.4 Å². The summed E-state index contributed by atoms with van der Waals surface area (Å²) in [4.78, 5) is 46.9. The lowest BCUT2D eigenvalue weighted by atomic mass is 9.78. The van der Waals surface area contributed by atoms with Crippen LogP contribution >= 0.6 is 11.8 Å². The normalized spacial score (nSPS) is 33.7. The zero-order valence-electron chi connectivity index (χ0n) is 19.7. The molecule has 4 heterocycles. The third-order valence-electron chi connectivity index (χ3n) is 7.65. The lowest BCUT2D eigenvalue weighted by molar-refractivity contribution is -0.147. The van der Waals surface area contributed by atoms with Crippen LogP contribution in [0.3, 0.4) is 0 Å². The Hall–Kier alpha value is -2.58. The number of thioether (sulfide) groups is 1. The van der Waals surface area contributed by atoms with Gasteiger partial charge < -0.3 is 19.8 Å². The van der Waals surface area contributed by atoms with Crippen molar-refractivity contribution in [3.8, 4) is 0 Å². The fraction of sp³-hybridized carbons (Fsp3) is 0.500. The Morgan fingerprint density at radius 2 is 1.79 bits per heavy atom. The summed E-state index contributed by atoms with van der Waals surface area (Å²) >= 11 is 1.56. The Kier molecular flexibility index (Phi) is 5.84. The van der Waals surface area contributed by atoms with Crippen LogP contribution in [0.1, 0.15) is 25.5 Å². The molecule has 180 valence electrons. The van der Waals surface area contributed by atoms with Crippen LogP contribution in [0.15, 0.2) is 54.6 Å². The summed E-state index contributed by atoms with van der Waals surface area (Å²) in [6.45, 7) is 4.59. The summed E-state index contributed by atoms with van der Waals surface area (Å²) in [5, 5.41) is 10.3. The van der Waals surface area contributed by atoms with Crippen LogP contribution in [0.2, 0.25) is 0 Å². The van der Waals surface area contributed by atoms with Gasteiger partial charge in [0.1, 0.15) is 6.04 Å². The van der Waals surface area contributed by atoms with E-state index in [0.717, 1.165) is 5.56 Å². The number of carbonyl (C=O) groups is 3. The summed E-state index contributed by atoms with van der Waals surface area (Å²) in [5.74, 6) is -1.64. The molecule has 34 heavy (non-hydrogen) atoms. The van der Waals surface area contributed by atoms with Crippen molar-refractivity contribution in [3.63, 3.8) is 0 Å². The second-order valence-corrected chi connectivity index (χ2v) is 11.3. The first kappa shape index (κ1) is 23.2. The fourth-order valence-corrected chi connectivity index (χ4v) is 8.04. The van der Waals surface area contributed by atoms with E-state index in [-0.39, 0.29) is 35.6 Å². The quantitative estimate of drug-likeness (QED) is 0.664. The summed E-state index contributed by atoms with van der Waals surface area (Å²) in [7, 11) is 1.76. The van der Waals surface area contributed by atoms with Crippen LogP contribution < -0.4 is 0 Å². The number of nitrogens with zero attached hydrogens (tertiary/aromatic N) is 3. The monoisotopic (exact) mass is 481 g/mol. The number of aliphatic hydroxyl groups excluding tert-OH is 1. The number of hydrogen-bond acceptors (Lipinski definition) is 5. The lowest BCUT2D eigenvalue weighted by Gasteiger charge is -2.39. The number of likely N-dealkylation sites (N-methyl/N-ethyl adjacent to an activating group) is 1. The minimum Gasteiger partial charge on any atom is -0.394 e. The highest BCUT2D eigenvalue weighted by Gasteiger charge is 2.71. The molecule has 1 aromatic carbocycles. The molecule has 1 aromatic rings. The molecule has 2 saturated heterocycles. The predicted octanol–water partition coefficient (Wildman–Crippen LogP) is 1.85. The van der Waals surface area contributed by atoms with Gasteiger partial charge >= 0.3 is 0 Å². The van der Waals surface area contributed by atoms with Gasteiger partial charge in [-0.2, -0.15) is 0 Å². The molecule has 1 spiro atoms. The smallest absolute Gasteiger partial charge is 0.247 e. The van der Waals surface area contributed by atoms with Gasteiger partial charge in [-0.05, 0) is 19.4 Å². The number of carbonyl (C=O) groups excluding carboxylic acids is 3. The van der Waals surface area contributed by atoms with Gasteiger partial charge in [0.25, 0.3) is 0 Å². The highest BCUT2D eigenvalue weighted by molar-refractivity contribution is 8.02. The second kappa shape index (κ2) is 8.57. The highest BCUT2D eigenvalue weighted by Crippen LogP contribution is 2.62. The van der Waals surface area contributed by atoms with Crippen LogP contribution in [0, 0.1) is 11.8 Å².